The molecule has 2 aromatic rings. The molecule has 2 amide bonds. The number of β-amino-alcohol motifs (C(OH)–C–C–N with tert-alkyl or cyclic N) is 1. The van der Waals surface area contributed by atoms with Crippen molar-refractivity contribution in [2.75, 3.05) is 32.8 Å². The molecular weight excluding hydrogens is 356 g/mol. The number of benzene rings is 1. The topological polar surface area (TPSA) is 74.0 Å². The number of aryl methyl sites for hydroxylation is 1. The number of carbonyl (C=O) groups is 2. The molecule has 0 unspecified atom stereocenters. The average molecular weight is 382 g/mol. The Morgan fingerprint density at radius 2 is 2.00 bits per heavy atom. The lowest BCUT2D eigenvalue weighted by atomic mass is 9.78. The molecule has 1 aromatic carbocycles. The number of amides is 2. The summed E-state index contributed by atoms with van der Waals surface area (Å²) in [6.45, 7) is 3.87. The lowest BCUT2D eigenvalue weighted by Gasteiger charge is -2.39. The maximum atomic E-state index is 13.3. The third kappa shape index (κ3) is 3.22. The standard InChI is InChI=1S/C22H26N2O4/c1-16-14-18(19(28-16)17-6-3-2-4-7-17)20(26)24-11-9-22(15-24)8-5-10-23(12-13-25)21(22)27/h2-4,6-7,14,25H,5,8-13,15H2,1H3/t22-/m1/s1. The second kappa shape index (κ2) is 7.43. The number of aliphatic hydroxyl groups excluding tert-OH is 1. The van der Waals surface area contributed by atoms with Crippen LogP contribution in [0.5, 0.6) is 0 Å². The summed E-state index contributed by atoms with van der Waals surface area (Å²) in [6, 6.07) is 11.4. The highest BCUT2D eigenvalue weighted by Gasteiger charge is 2.49. The smallest absolute Gasteiger partial charge is 0.257 e. The summed E-state index contributed by atoms with van der Waals surface area (Å²) in [5.74, 6) is 1.27. The van der Waals surface area contributed by atoms with E-state index in [0.29, 0.717) is 49.7 Å². The Labute approximate surface area is 164 Å². The molecule has 0 bridgehead atoms. The molecule has 6 nitrogen and oxygen atoms in total. The van der Waals surface area contributed by atoms with Crippen LogP contribution in [0.15, 0.2) is 40.8 Å². The van der Waals surface area contributed by atoms with E-state index in [9.17, 15) is 14.7 Å². The molecule has 1 atom stereocenters. The van der Waals surface area contributed by atoms with Gasteiger partial charge in [-0.2, -0.15) is 0 Å². The van der Waals surface area contributed by atoms with Gasteiger partial charge in [0.05, 0.1) is 17.6 Å². The van der Waals surface area contributed by atoms with E-state index in [0.717, 1.165) is 18.4 Å². The third-order valence-electron chi connectivity index (χ3n) is 5.96. The second-order valence-electron chi connectivity index (χ2n) is 7.84. The second-order valence-corrected chi connectivity index (χ2v) is 7.84. The first-order valence-corrected chi connectivity index (χ1v) is 9.89. The zero-order chi connectivity index (χ0) is 19.7. The van der Waals surface area contributed by atoms with Crippen LogP contribution in [-0.2, 0) is 4.79 Å². The lowest BCUT2D eigenvalue weighted by molar-refractivity contribution is -0.146. The van der Waals surface area contributed by atoms with Crippen molar-refractivity contribution in [1.29, 1.82) is 0 Å². The van der Waals surface area contributed by atoms with Crippen LogP contribution in [0.1, 0.15) is 35.4 Å². The summed E-state index contributed by atoms with van der Waals surface area (Å²) in [6.07, 6.45) is 2.39. The molecule has 2 aliphatic heterocycles. The first-order valence-electron chi connectivity index (χ1n) is 9.89. The zero-order valence-electron chi connectivity index (χ0n) is 16.2. The van der Waals surface area contributed by atoms with E-state index in [4.69, 9.17) is 4.42 Å². The first kappa shape index (κ1) is 18.7. The number of aliphatic hydroxyl groups is 1. The molecule has 2 saturated heterocycles. The van der Waals surface area contributed by atoms with Gasteiger partial charge in [-0.05, 0) is 32.3 Å². The number of carbonyl (C=O) groups excluding carboxylic acids is 2. The molecule has 2 aliphatic rings. The van der Waals surface area contributed by atoms with Crippen LogP contribution in [0.2, 0.25) is 0 Å². The van der Waals surface area contributed by atoms with Crippen molar-refractivity contribution >= 4 is 11.8 Å². The molecule has 1 spiro atoms. The molecule has 0 aliphatic carbocycles. The molecule has 2 fully saturated rings. The number of hydrogen-bond acceptors (Lipinski definition) is 4. The van der Waals surface area contributed by atoms with Gasteiger partial charge in [-0.1, -0.05) is 30.3 Å². The fourth-order valence-electron chi connectivity index (χ4n) is 4.56. The molecule has 6 heteroatoms. The van der Waals surface area contributed by atoms with Crippen LogP contribution in [0.3, 0.4) is 0 Å². The highest BCUT2D eigenvalue weighted by molar-refractivity contribution is 6.00. The van der Waals surface area contributed by atoms with E-state index in [2.05, 4.69) is 0 Å². The van der Waals surface area contributed by atoms with Crippen LogP contribution in [0, 0.1) is 12.3 Å². The molecular formula is C22H26N2O4. The molecule has 1 N–H and O–H groups in total. The summed E-state index contributed by atoms with van der Waals surface area (Å²) in [5.41, 5.74) is 0.918. The van der Waals surface area contributed by atoms with Crippen molar-refractivity contribution in [2.24, 2.45) is 5.41 Å². The van der Waals surface area contributed by atoms with Gasteiger partial charge in [-0.25, -0.2) is 0 Å². The van der Waals surface area contributed by atoms with Gasteiger partial charge in [0.1, 0.15) is 11.5 Å². The van der Waals surface area contributed by atoms with Gasteiger partial charge in [0.15, 0.2) is 0 Å². The van der Waals surface area contributed by atoms with Gasteiger partial charge in [0, 0.05) is 31.7 Å². The average Bonchev–Trinajstić information content (AvgIpc) is 3.31. The Morgan fingerprint density at radius 3 is 2.75 bits per heavy atom. The lowest BCUT2D eigenvalue weighted by Crippen LogP contribution is -2.51. The van der Waals surface area contributed by atoms with Crippen molar-refractivity contribution in [3.05, 3.63) is 47.7 Å². The quantitative estimate of drug-likeness (QED) is 0.882. The maximum Gasteiger partial charge on any atom is 0.257 e. The summed E-state index contributed by atoms with van der Waals surface area (Å²) in [5, 5.41) is 9.23. The van der Waals surface area contributed by atoms with Gasteiger partial charge in [-0.15, -0.1) is 0 Å². The molecule has 148 valence electrons. The van der Waals surface area contributed by atoms with Crippen molar-refractivity contribution in [3.63, 3.8) is 0 Å². The highest BCUT2D eigenvalue weighted by Crippen LogP contribution is 2.41. The van der Waals surface area contributed by atoms with Crippen molar-refractivity contribution in [2.45, 2.75) is 26.2 Å². The number of nitrogens with zero attached hydrogens (tertiary/aromatic N) is 2. The number of piperidine rings is 1. The highest BCUT2D eigenvalue weighted by atomic mass is 16.3. The zero-order valence-corrected chi connectivity index (χ0v) is 16.2. The van der Waals surface area contributed by atoms with E-state index in [-0.39, 0.29) is 18.4 Å². The van der Waals surface area contributed by atoms with Crippen LogP contribution in [0.4, 0.5) is 0 Å². The fraction of sp³-hybridized carbons (Fsp3) is 0.455. The minimum Gasteiger partial charge on any atom is -0.461 e. The van der Waals surface area contributed by atoms with Crippen molar-refractivity contribution in [1.82, 2.24) is 9.80 Å². The normalized spacial score (nSPS) is 22.3. The van der Waals surface area contributed by atoms with E-state index in [1.165, 1.54) is 0 Å². The summed E-state index contributed by atoms with van der Waals surface area (Å²) < 4.78 is 5.84. The first-order chi connectivity index (χ1) is 13.5. The number of furan rings is 1. The van der Waals surface area contributed by atoms with E-state index < -0.39 is 5.41 Å². The largest absolute Gasteiger partial charge is 0.461 e. The van der Waals surface area contributed by atoms with Crippen LogP contribution in [-0.4, -0.2) is 59.5 Å². The summed E-state index contributed by atoms with van der Waals surface area (Å²) >= 11 is 0. The molecule has 3 heterocycles. The molecule has 0 radical (unpaired) electrons. The minimum atomic E-state index is -0.505. The molecule has 0 saturated carbocycles. The Hall–Kier alpha value is -2.60. The monoisotopic (exact) mass is 382 g/mol. The molecule has 1 aromatic heterocycles. The Morgan fingerprint density at radius 1 is 1.21 bits per heavy atom. The summed E-state index contributed by atoms with van der Waals surface area (Å²) in [4.78, 5) is 29.8. The predicted octanol–water partition coefficient (Wildman–Crippen LogP) is 2.70. The predicted molar refractivity (Wildman–Crippen MR) is 105 cm³/mol. The minimum absolute atomic E-state index is 0.0286. The van der Waals surface area contributed by atoms with E-state index in [1.54, 1.807) is 15.9 Å². The Kier molecular flexibility index (Phi) is 4.98. The number of hydrogen-bond donors (Lipinski definition) is 1. The third-order valence-corrected chi connectivity index (χ3v) is 5.96. The van der Waals surface area contributed by atoms with Gasteiger partial charge in [-0.3, -0.25) is 9.59 Å². The number of rotatable bonds is 4. The van der Waals surface area contributed by atoms with Gasteiger partial charge in [0.25, 0.3) is 5.91 Å². The molecule has 28 heavy (non-hydrogen) atoms. The fourth-order valence-corrected chi connectivity index (χ4v) is 4.56. The maximum absolute atomic E-state index is 13.3. The van der Waals surface area contributed by atoms with Crippen molar-refractivity contribution in [3.8, 4) is 11.3 Å². The van der Waals surface area contributed by atoms with Gasteiger partial charge >= 0.3 is 0 Å². The SMILES string of the molecule is Cc1cc(C(=O)N2CC[C@]3(CCCN(CCO)C3=O)C2)c(-c2ccccc2)o1. The Balaban J connectivity index is 1.57. The summed E-state index contributed by atoms with van der Waals surface area (Å²) in [7, 11) is 0. The van der Waals surface area contributed by atoms with E-state index >= 15 is 0 Å². The number of likely N-dealkylation sites (tertiary alicyclic amines) is 2. The van der Waals surface area contributed by atoms with Crippen LogP contribution < -0.4 is 0 Å². The van der Waals surface area contributed by atoms with Crippen LogP contribution in [0.25, 0.3) is 11.3 Å². The van der Waals surface area contributed by atoms with Crippen molar-refractivity contribution < 1.29 is 19.1 Å². The molecule has 4 rings (SSSR count). The van der Waals surface area contributed by atoms with Gasteiger partial charge < -0.3 is 19.3 Å². The van der Waals surface area contributed by atoms with E-state index in [1.807, 2.05) is 37.3 Å². The van der Waals surface area contributed by atoms with Gasteiger partial charge in [0.2, 0.25) is 5.91 Å². The Bertz CT molecular complexity index is 874. The van der Waals surface area contributed by atoms with Crippen LogP contribution >= 0.6 is 0 Å².